The molecule has 2 unspecified atom stereocenters. The van der Waals surface area contributed by atoms with Crippen molar-refractivity contribution in [3.05, 3.63) is 0 Å². The van der Waals surface area contributed by atoms with E-state index in [1.54, 1.807) is 0 Å². The fourth-order valence-corrected chi connectivity index (χ4v) is 3.44. The highest BCUT2D eigenvalue weighted by Crippen LogP contribution is 2.37. The largest absolute Gasteiger partial charge is 0.329 e. The van der Waals surface area contributed by atoms with Gasteiger partial charge in [-0.25, -0.2) is 0 Å². The number of hydrogen-bond donors (Lipinski definition) is 2. The first-order valence-electron chi connectivity index (χ1n) is 7.43. The SMILES string of the molecule is CC1CC(CN)(NCCC2CC2)CN1C1CC1. The predicted octanol–water partition coefficient (Wildman–Crippen LogP) is 1.33. The van der Waals surface area contributed by atoms with Gasteiger partial charge in [-0.15, -0.1) is 0 Å². The summed E-state index contributed by atoms with van der Waals surface area (Å²) in [5.41, 5.74) is 6.28. The van der Waals surface area contributed by atoms with Crippen LogP contribution >= 0.6 is 0 Å². The van der Waals surface area contributed by atoms with Crippen LogP contribution in [0.5, 0.6) is 0 Å². The second-order valence-electron chi connectivity index (χ2n) is 6.60. The maximum Gasteiger partial charge on any atom is 0.0447 e. The van der Waals surface area contributed by atoms with Crippen molar-refractivity contribution in [3.8, 4) is 0 Å². The molecule has 2 saturated carbocycles. The Morgan fingerprint density at radius 2 is 2.06 bits per heavy atom. The van der Waals surface area contributed by atoms with Gasteiger partial charge in [0.15, 0.2) is 0 Å². The smallest absolute Gasteiger partial charge is 0.0447 e. The summed E-state index contributed by atoms with van der Waals surface area (Å²) in [4.78, 5) is 2.69. The second kappa shape index (κ2) is 4.52. The van der Waals surface area contributed by atoms with Crippen molar-refractivity contribution in [2.75, 3.05) is 19.6 Å². The van der Waals surface area contributed by atoms with E-state index in [0.717, 1.165) is 24.5 Å². The monoisotopic (exact) mass is 237 g/mol. The third-order valence-electron chi connectivity index (χ3n) is 4.89. The molecule has 0 bridgehead atoms. The number of hydrogen-bond acceptors (Lipinski definition) is 3. The first-order chi connectivity index (χ1) is 8.22. The predicted molar refractivity (Wildman–Crippen MR) is 70.9 cm³/mol. The van der Waals surface area contributed by atoms with Crippen LogP contribution < -0.4 is 11.1 Å². The Morgan fingerprint density at radius 3 is 2.65 bits per heavy atom. The number of rotatable bonds is 6. The number of nitrogens with two attached hydrogens (primary N) is 1. The lowest BCUT2D eigenvalue weighted by molar-refractivity contribution is 0.241. The van der Waals surface area contributed by atoms with Gasteiger partial charge in [0.2, 0.25) is 0 Å². The summed E-state index contributed by atoms with van der Waals surface area (Å²) in [6, 6.07) is 1.60. The van der Waals surface area contributed by atoms with Crippen LogP contribution in [0.3, 0.4) is 0 Å². The number of likely N-dealkylation sites (tertiary alicyclic amines) is 1. The average molecular weight is 237 g/mol. The minimum absolute atomic E-state index is 0.219. The van der Waals surface area contributed by atoms with Crippen LogP contribution in [0, 0.1) is 5.92 Å². The van der Waals surface area contributed by atoms with E-state index in [4.69, 9.17) is 5.73 Å². The second-order valence-corrected chi connectivity index (χ2v) is 6.60. The number of nitrogens with zero attached hydrogens (tertiary/aromatic N) is 1. The van der Waals surface area contributed by atoms with Crippen LogP contribution in [0.4, 0.5) is 0 Å². The maximum atomic E-state index is 6.06. The van der Waals surface area contributed by atoms with Crippen LogP contribution in [-0.4, -0.2) is 42.2 Å². The Labute approximate surface area is 105 Å². The van der Waals surface area contributed by atoms with E-state index in [2.05, 4.69) is 17.1 Å². The Hall–Kier alpha value is -0.120. The summed E-state index contributed by atoms with van der Waals surface area (Å²) < 4.78 is 0. The molecule has 2 aliphatic carbocycles. The molecule has 0 radical (unpaired) electrons. The van der Waals surface area contributed by atoms with Gasteiger partial charge in [-0.2, -0.15) is 0 Å². The molecule has 3 nitrogen and oxygen atoms in total. The maximum absolute atomic E-state index is 6.06. The lowest BCUT2D eigenvalue weighted by Gasteiger charge is -2.29. The molecule has 1 heterocycles. The molecular weight excluding hydrogens is 210 g/mol. The lowest BCUT2D eigenvalue weighted by atomic mass is 9.96. The summed E-state index contributed by atoms with van der Waals surface area (Å²) >= 11 is 0. The minimum atomic E-state index is 0.219. The van der Waals surface area contributed by atoms with Gasteiger partial charge in [-0.05, 0) is 45.1 Å². The Morgan fingerprint density at radius 1 is 1.29 bits per heavy atom. The molecule has 1 aliphatic heterocycles. The third kappa shape index (κ3) is 2.67. The molecule has 3 aliphatic rings. The zero-order chi connectivity index (χ0) is 11.9. The molecule has 98 valence electrons. The molecule has 1 saturated heterocycles. The zero-order valence-electron chi connectivity index (χ0n) is 11.1. The molecule has 3 heteroatoms. The molecule has 0 aromatic carbocycles. The molecule has 17 heavy (non-hydrogen) atoms. The van der Waals surface area contributed by atoms with Gasteiger partial charge in [-0.3, -0.25) is 4.90 Å². The average Bonchev–Trinajstić information content (AvgIpc) is 3.20. The van der Waals surface area contributed by atoms with Gasteiger partial charge in [0.25, 0.3) is 0 Å². The topological polar surface area (TPSA) is 41.3 Å². The van der Waals surface area contributed by atoms with Gasteiger partial charge in [0.05, 0.1) is 0 Å². The minimum Gasteiger partial charge on any atom is -0.329 e. The van der Waals surface area contributed by atoms with E-state index >= 15 is 0 Å². The fraction of sp³-hybridized carbons (Fsp3) is 1.00. The van der Waals surface area contributed by atoms with Crippen LogP contribution in [0.25, 0.3) is 0 Å². The molecule has 0 aromatic rings. The lowest BCUT2D eigenvalue weighted by Crippen LogP contribution is -2.53. The molecular formula is C14H27N3. The van der Waals surface area contributed by atoms with Gasteiger partial charge < -0.3 is 11.1 Å². The van der Waals surface area contributed by atoms with Gasteiger partial charge >= 0.3 is 0 Å². The van der Waals surface area contributed by atoms with Crippen LogP contribution in [-0.2, 0) is 0 Å². The summed E-state index contributed by atoms with van der Waals surface area (Å²) in [6.45, 7) is 5.52. The summed E-state index contributed by atoms with van der Waals surface area (Å²) in [5, 5.41) is 3.79. The molecule has 2 atom stereocenters. The van der Waals surface area contributed by atoms with Crippen molar-refractivity contribution in [2.45, 2.75) is 63.1 Å². The van der Waals surface area contributed by atoms with Crippen LogP contribution in [0.15, 0.2) is 0 Å². The Bertz CT molecular complexity index is 273. The van der Waals surface area contributed by atoms with E-state index in [9.17, 15) is 0 Å². The zero-order valence-corrected chi connectivity index (χ0v) is 11.1. The van der Waals surface area contributed by atoms with Crippen molar-refractivity contribution in [1.82, 2.24) is 10.2 Å². The Kier molecular flexibility index (Phi) is 3.18. The molecule has 0 aromatic heterocycles. The van der Waals surface area contributed by atoms with Crippen molar-refractivity contribution < 1.29 is 0 Å². The van der Waals surface area contributed by atoms with E-state index in [-0.39, 0.29) is 5.54 Å². The summed E-state index contributed by atoms with van der Waals surface area (Å²) in [7, 11) is 0. The quantitative estimate of drug-likeness (QED) is 0.732. The van der Waals surface area contributed by atoms with E-state index < -0.39 is 0 Å². The van der Waals surface area contributed by atoms with E-state index in [1.807, 2.05) is 0 Å². The standard InChI is InChI=1S/C14H27N3/c1-11-8-14(9-15,10-17(11)13-4-5-13)16-7-6-12-2-3-12/h11-13,16H,2-10,15H2,1H3. The van der Waals surface area contributed by atoms with Crippen molar-refractivity contribution >= 4 is 0 Å². The Balaban J connectivity index is 1.53. The molecule has 0 amide bonds. The van der Waals surface area contributed by atoms with Gasteiger partial charge in [0, 0.05) is 30.7 Å². The van der Waals surface area contributed by atoms with Crippen molar-refractivity contribution in [3.63, 3.8) is 0 Å². The van der Waals surface area contributed by atoms with Gasteiger partial charge in [0.1, 0.15) is 0 Å². The fourth-order valence-electron chi connectivity index (χ4n) is 3.44. The molecule has 3 N–H and O–H groups in total. The first-order valence-corrected chi connectivity index (χ1v) is 7.43. The highest BCUT2D eigenvalue weighted by molar-refractivity contribution is 5.05. The number of nitrogens with one attached hydrogen (secondary N) is 1. The van der Waals surface area contributed by atoms with E-state index in [1.165, 1.54) is 51.6 Å². The van der Waals surface area contributed by atoms with Crippen LogP contribution in [0.1, 0.15) is 45.4 Å². The molecule has 3 rings (SSSR count). The molecule has 0 spiro atoms. The summed E-state index contributed by atoms with van der Waals surface area (Å²) in [5.74, 6) is 1.02. The highest BCUT2D eigenvalue weighted by atomic mass is 15.3. The summed E-state index contributed by atoms with van der Waals surface area (Å²) in [6.07, 6.45) is 8.34. The first kappa shape index (κ1) is 11.9. The normalized spacial score (nSPS) is 38.8. The molecule has 3 fully saturated rings. The van der Waals surface area contributed by atoms with Crippen molar-refractivity contribution in [1.29, 1.82) is 0 Å². The van der Waals surface area contributed by atoms with Crippen molar-refractivity contribution in [2.24, 2.45) is 11.7 Å². The third-order valence-corrected chi connectivity index (χ3v) is 4.89. The van der Waals surface area contributed by atoms with Gasteiger partial charge in [-0.1, -0.05) is 12.8 Å². The van der Waals surface area contributed by atoms with Crippen LogP contribution in [0.2, 0.25) is 0 Å². The highest BCUT2D eigenvalue weighted by Gasteiger charge is 2.46. The van der Waals surface area contributed by atoms with E-state index in [0.29, 0.717) is 0 Å².